The highest BCUT2D eigenvalue weighted by molar-refractivity contribution is 7.99. The van der Waals surface area contributed by atoms with E-state index in [0.29, 0.717) is 0 Å². The second-order valence-electron chi connectivity index (χ2n) is 6.24. The number of morpholine rings is 1. The maximum Gasteiger partial charge on any atom is 0.0802 e. The van der Waals surface area contributed by atoms with Crippen LogP contribution >= 0.6 is 11.8 Å². The van der Waals surface area contributed by atoms with Gasteiger partial charge in [0.15, 0.2) is 0 Å². The summed E-state index contributed by atoms with van der Waals surface area (Å²) in [6.07, 6.45) is 2.16. The fourth-order valence-electron chi connectivity index (χ4n) is 2.94. The standard InChI is InChI=1S/C18H29NO2S/c1-4-11-22-17-7-5-16(6-8-17)18(20)9-10-19-12-14(2)21-15(3)13-19/h5-8,14-15,18,20H,4,9-13H2,1-3H3. The Kier molecular flexibility index (Phi) is 7.22. The molecule has 0 aromatic heterocycles. The van der Waals surface area contributed by atoms with E-state index in [1.165, 1.54) is 11.3 Å². The number of ether oxygens (including phenoxy) is 1. The zero-order valence-electron chi connectivity index (χ0n) is 14.0. The summed E-state index contributed by atoms with van der Waals surface area (Å²) in [5.74, 6) is 1.15. The average Bonchev–Trinajstić information content (AvgIpc) is 2.50. The number of benzene rings is 1. The Bertz CT molecular complexity index is 427. The minimum absolute atomic E-state index is 0.288. The molecule has 1 N–H and O–H groups in total. The molecule has 1 aliphatic heterocycles. The molecule has 0 aliphatic carbocycles. The molecular formula is C18H29NO2S. The van der Waals surface area contributed by atoms with Gasteiger partial charge in [0.25, 0.3) is 0 Å². The van der Waals surface area contributed by atoms with Gasteiger partial charge in [0.05, 0.1) is 18.3 Å². The van der Waals surface area contributed by atoms with Gasteiger partial charge in [-0.3, -0.25) is 4.90 Å². The molecule has 1 fully saturated rings. The van der Waals surface area contributed by atoms with Crippen LogP contribution < -0.4 is 0 Å². The van der Waals surface area contributed by atoms with Gasteiger partial charge in [0, 0.05) is 24.5 Å². The molecule has 4 heteroatoms. The van der Waals surface area contributed by atoms with Crippen molar-refractivity contribution in [2.24, 2.45) is 0 Å². The van der Waals surface area contributed by atoms with E-state index in [4.69, 9.17) is 4.74 Å². The van der Waals surface area contributed by atoms with Gasteiger partial charge < -0.3 is 9.84 Å². The SMILES string of the molecule is CCCSc1ccc(C(O)CCN2CC(C)OC(C)C2)cc1. The lowest BCUT2D eigenvalue weighted by Gasteiger charge is -2.35. The number of aliphatic hydroxyl groups is 1. The van der Waals surface area contributed by atoms with Crippen LogP contribution in [0, 0.1) is 0 Å². The van der Waals surface area contributed by atoms with E-state index in [0.717, 1.165) is 37.4 Å². The monoisotopic (exact) mass is 323 g/mol. The third-order valence-electron chi connectivity index (χ3n) is 3.95. The van der Waals surface area contributed by atoms with Crippen molar-refractivity contribution in [3.8, 4) is 0 Å². The summed E-state index contributed by atoms with van der Waals surface area (Å²) in [5.41, 5.74) is 1.02. The lowest BCUT2D eigenvalue weighted by atomic mass is 10.1. The minimum Gasteiger partial charge on any atom is -0.388 e. The fourth-order valence-corrected chi connectivity index (χ4v) is 3.71. The van der Waals surface area contributed by atoms with Crippen molar-refractivity contribution in [1.82, 2.24) is 4.90 Å². The topological polar surface area (TPSA) is 32.7 Å². The first-order valence-electron chi connectivity index (χ1n) is 8.37. The summed E-state index contributed by atoms with van der Waals surface area (Å²) in [6.45, 7) is 9.27. The van der Waals surface area contributed by atoms with E-state index in [9.17, 15) is 5.11 Å². The maximum atomic E-state index is 10.4. The number of thioether (sulfide) groups is 1. The Hall–Kier alpha value is -0.550. The summed E-state index contributed by atoms with van der Waals surface area (Å²) in [6, 6.07) is 8.37. The Morgan fingerprint density at radius 2 is 1.86 bits per heavy atom. The average molecular weight is 324 g/mol. The summed E-state index contributed by atoms with van der Waals surface area (Å²) in [5, 5.41) is 10.4. The van der Waals surface area contributed by atoms with Crippen LogP contribution in [0.3, 0.4) is 0 Å². The van der Waals surface area contributed by atoms with E-state index < -0.39 is 0 Å². The lowest BCUT2D eigenvalue weighted by molar-refractivity contribution is -0.0702. The zero-order valence-corrected chi connectivity index (χ0v) is 14.8. The third-order valence-corrected chi connectivity index (χ3v) is 5.17. The summed E-state index contributed by atoms with van der Waals surface area (Å²) >= 11 is 1.87. The molecule has 3 atom stereocenters. The second-order valence-corrected chi connectivity index (χ2v) is 7.41. The molecule has 1 heterocycles. The molecule has 2 rings (SSSR count). The molecule has 124 valence electrons. The van der Waals surface area contributed by atoms with Crippen LogP contribution in [0.5, 0.6) is 0 Å². The molecule has 0 radical (unpaired) electrons. The quantitative estimate of drug-likeness (QED) is 0.775. The highest BCUT2D eigenvalue weighted by Crippen LogP contribution is 2.23. The summed E-state index contributed by atoms with van der Waals surface area (Å²) < 4.78 is 5.75. The first-order chi connectivity index (χ1) is 10.6. The van der Waals surface area contributed by atoms with E-state index in [1.54, 1.807) is 0 Å². The highest BCUT2D eigenvalue weighted by atomic mass is 32.2. The molecule has 0 saturated carbocycles. The molecule has 1 aliphatic rings. The van der Waals surface area contributed by atoms with Crippen molar-refractivity contribution in [3.05, 3.63) is 29.8 Å². The van der Waals surface area contributed by atoms with Crippen LogP contribution in [-0.2, 0) is 4.74 Å². The molecule has 0 amide bonds. The van der Waals surface area contributed by atoms with Crippen LogP contribution in [0.25, 0.3) is 0 Å². The van der Waals surface area contributed by atoms with Crippen molar-refractivity contribution in [2.75, 3.05) is 25.4 Å². The van der Waals surface area contributed by atoms with Crippen molar-refractivity contribution >= 4 is 11.8 Å². The molecule has 1 aromatic rings. The smallest absolute Gasteiger partial charge is 0.0802 e. The maximum absolute atomic E-state index is 10.4. The highest BCUT2D eigenvalue weighted by Gasteiger charge is 2.22. The van der Waals surface area contributed by atoms with E-state index in [2.05, 4.69) is 49.9 Å². The van der Waals surface area contributed by atoms with E-state index >= 15 is 0 Å². The summed E-state index contributed by atoms with van der Waals surface area (Å²) in [4.78, 5) is 3.68. The molecule has 3 unspecified atom stereocenters. The van der Waals surface area contributed by atoms with Crippen molar-refractivity contribution < 1.29 is 9.84 Å². The van der Waals surface area contributed by atoms with Gasteiger partial charge in [0.1, 0.15) is 0 Å². The van der Waals surface area contributed by atoms with Gasteiger partial charge in [-0.1, -0.05) is 19.1 Å². The van der Waals surface area contributed by atoms with Gasteiger partial charge in [-0.2, -0.15) is 0 Å². The lowest BCUT2D eigenvalue weighted by Crippen LogP contribution is -2.45. The largest absolute Gasteiger partial charge is 0.388 e. The predicted octanol–water partition coefficient (Wildman–Crippen LogP) is 3.72. The van der Waals surface area contributed by atoms with Crippen LogP contribution in [0.4, 0.5) is 0 Å². The molecule has 3 nitrogen and oxygen atoms in total. The van der Waals surface area contributed by atoms with Crippen molar-refractivity contribution in [3.63, 3.8) is 0 Å². The number of aliphatic hydroxyl groups excluding tert-OH is 1. The Labute approximate surface area is 139 Å². The van der Waals surface area contributed by atoms with Gasteiger partial charge >= 0.3 is 0 Å². The molecule has 1 saturated heterocycles. The molecule has 0 spiro atoms. The minimum atomic E-state index is -0.376. The van der Waals surface area contributed by atoms with Crippen LogP contribution in [0.15, 0.2) is 29.2 Å². The predicted molar refractivity (Wildman–Crippen MR) is 93.5 cm³/mol. The van der Waals surface area contributed by atoms with Crippen LogP contribution in [0.2, 0.25) is 0 Å². The Balaban J connectivity index is 1.80. The van der Waals surface area contributed by atoms with Gasteiger partial charge in [-0.15, -0.1) is 11.8 Å². The fraction of sp³-hybridized carbons (Fsp3) is 0.667. The number of rotatable bonds is 7. The molecule has 0 bridgehead atoms. The normalized spacial score (nSPS) is 24.4. The van der Waals surface area contributed by atoms with Crippen molar-refractivity contribution in [2.45, 2.75) is 56.8 Å². The van der Waals surface area contributed by atoms with Crippen LogP contribution in [-0.4, -0.2) is 47.6 Å². The first-order valence-corrected chi connectivity index (χ1v) is 9.35. The Morgan fingerprint density at radius 3 is 2.45 bits per heavy atom. The van der Waals surface area contributed by atoms with E-state index in [-0.39, 0.29) is 18.3 Å². The second kappa shape index (κ2) is 8.92. The van der Waals surface area contributed by atoms with Crippen LogP contribution in [0.1, 0.15) is 45.3 Å². The summed E-state index contributed by atoms with van der Waals surface area (Å²) in [7, 11) is 0. The number of hydrogen-bond donors (Lipinski definition) is 1. The van der Waals surface area contributed by atoms with Gasteiger partial charge in [0.2, 0.25) is 0 Å². The zero-order chi connectivity index (χ0) is 15.9. The first kappa shape index (κ1) is 17.8. The third kappa shape index (κ3) is 5.58. The molecule has 1 aromatic carbocycles. The van der Waals surface area contributed by atoms with E-state index in [1.807, 2.05) is 11.8 Å². The van der Waals surface area contributed by atoms with Crippen molar-refractivity contribution in [1.29, 1.82) is 0 Å². The molecular weight excluding hydrogens is 294 g/mol. The Morgan fingerprint density at radius 1 is 1.23 bits per heavy atom. The number of nitrogens with zero attached hydrogens (tertiary/aromatic N) is 1. The van der Waals surface area contributed by atoms with Gasteiger partial charge in [-0.05, 0) is 50.1 Å². The van der Waals surface area contributed by atoms with Gasteiger partial charge in [-0.25, -0.2) is 0 Å². The number of hydrogen-bond acceptors (Lipinski definition) is 4. The molecule has 22 heavy (non-hydrogen) atoms.